The number of ether oxygens (including phenoxy) is 4. The standard InChI is InChI=1S/C34H46N4O8/c1-19(32(41)38-15-13-22(14-16-38)37-33(42)46-34(3,4)5)35-26-12-10-23-24(18-27(26)40)25(36-20(2)39)11-9-21-17-28(43-6)30(44-7)31(45-8)29(21)23/h10,12,17-19,22,25H,9,11,13-16H2,1-8H3,(H,35,40)(H,36,39)(H,37,42). The number of alkyl carbamates (subject to hydrolysis) is 1. The van der Waals surface area contributed by atoms with Gasteiger partial charge in [0.25, 0.3) is 0 Å². The van der Waals surface area contributed by atoms with Gasteiger partial charge in [0.2, 0.25) is 23.0 Å². The number of hydrogen-bond acceptors (Lipinski definition) is 9. The van der Waals surface area contributed by atoms with E-state index in [0.717, 1.165) is 11.1 Å². The van der Waals surface area contributed by atoms with Crippen molar-refractivity contribution in [3.63, 3.8) is 0 Å². The van der Waals surface area contributed by atoms with Crippen molar-refractivity contribution < 1.29 is 33.3 Å². The molecule has 0 saturated carbocycles. The van der Waals surface area contributed by atoms with E-state index in [1.807, 2.05) is 32.9 Å². The van der Waals surface area contributed by atoms with Gasteiger partial charge in [-0.3, -0.25) is 14.4 Å². The van der Waals surface area contributed by atoms with E-state index >= 15 is 0 Å². The van der Waals surface area contributed by atoms with E-state index in [0.29, 0.717) is 67.1 Å². The van der Waals surface area contributed by atoms with Gasteiger partial charge in [0.05, 0.1) is 33.1 Å². The molecule has 3 N–H and O–H groups in total. The Bertz CT molecular complexity index is 1530. The van der Waals surface area contributed by atoms with Crippen molar-refractivity contribution in [2.24, 2.45) is 0 Å². The molecule has 2 aromatic carbocycles. The van der Waals surface area contributed by atoms with Crippen LogP contribution < -0.4 is 35.6 Å². The van der Waals surface area contributed by atoms with Gasteiger partial charge in [0, 0.05) is 31.6 Å². The highest BCUT2D eigenvalue weighted by molar-refractivity contribution is 5.86. The molecule has 3 amide bonds. The lowest BCUT2D eigenvalue weighted by molar-refractivity contribution is -0.132. The Balaban J connectivity index is 1.61. The molecule has 12 nitrogen and oxygen atoms in total. The summed E-state index contributed by atoms with van der Waals surface area (Å²) in [5, 5.41) is 9.01. The monoisotopic (exact) mass is 638 g/mol. The average molecular weight is 639 g/mol. The summed E-state index contributed by atoms with van der Waals surface area (Å²) in [6.45, 7) is 9.53. The second-order valence-corrected chi connectivity index (χ2v) is 12.7. The molecule has 12 heteroatoms. The second-order valence-electron chi connectivity index (χ2n) is 12.7. The summed E-state index contributed by atoms with van der Waals surface area (Å²) in [4.78, 5) is 53.2. The Morgan fingerprint density at radius 2 is 1.61 bits per heavy atom. The molecule has 1 aliphatic heterocycles. The number of methoxy groups -OCH3 is 3. The first-order chi connectivity index (χ1) is 21.8. The van der Waals surface area contributed by atoms with Crippen molar-refractivity contribution in [1.29, 1.82) is 0 Å². The number of nitrogens with one attached hydrogen (secondary N) is 3. The van der Waals surface area contributed by atoms with Gasteiger partial charge in [-0.2, -0.15) is 0 Å². The molecule has 2 aromatic rings. The number of piperidine rings is 1. The molecule has 0 bridgehead atoms. The Kier molecular flexibility index (Phi) is 10.7. The zero-order chi connectivity index (χ0) is 33.8. The number of carbonyl (C=O) groups is 3. The average Bonchev–Trinajstić information content (AvgIpc) is 3.23. The first kappa shape index (κ1) is 34.4. The maximum atomic E-state index is 13.7. The van der Waals surface area contributed by atoms with E-state index in [2.05, 4.69) is 16.0 Å². The van der Waals surface area contributed by atoms with Crippen LogP contribution in [-0.4, -0.2) is 74.9 Å². The van der Waals surface area contributed by atoms with Crippen molar-refractivity contribution in [3.05, 3.63) is 45.6 Å². The fourth-order valence-electron chi connectivity index (χ4n) is 6.11. The van der Waals surface area contributed by atoms with Gasteiger partial charge in [-0.1, -0.05) is 6.07 Å². The van der Waals surface area contributed by atoms with Crippen molar-refractivity contribution >= 4 is 23.6 Å². The summed E-state index contributed by atoms with van der Waals surface area (Å²) in [6.07, 6.45) is 1.85. The van der Waals surface area contributed by atoms with Crippen LogP contribution in [0.1, 0.15) is 71.0 Å². The van der Waals surface area contributed by atoms with Crippen LogP contribution in [0.25, 0.3) is 11.1 Å². The molecule has 0 spiro atoms. The van der Waals surface area contributed by atoms with Gasteiger partial charge in [-0.15, -0.1) is 0 Å². The zero-order valence-electron chi connectivity index (χ0n) is 28.0. The molecule has 2 aliphatic rings. The molecular weight excluding hydrogens is 592 g/mol. The number of aryl methyl sites for hydroxylation is 1. The lowest BCUT2D eigenvalue weighted by Gasteiger charge is -2.34. The molecule has 1 heterocycles. The first-order valence-electron chi connectivity index (χ1n) is 15.6. The fraction of sp³-hybridized carbons (Fsp3) is 0.529. The number of rotatable bonds is 8. The van der Waals surface area contributed by atoms with E-state index in [1.54, 1.807) is 32.1 Å². The molecule has 2 atom stereocenters. The molecular formula is C34H46N4O8. The Morgan fingerprint density at radius 3 is 2.20 bits per heavy atom. The first-order valence-corrected chi connectivity index (χ1v) is 15.6. The summed E-state index contributed by atoms with van der Waals surface area (Å²) in [6, 6.07) is 5.68. The Hall–Kier alpha value is -4.48. The number of anilines is 1. The van der Waals surface area contributed by atoms with Crippen LogP contribution in [0, 0.1) is 0 Å². The highest BCUT2D eigenvalue weighted by Gasteiger charge is 2.31. The van der Waals surface area contributed by atoms with E-state index in [1.165, 1.54) is 20.1 Å². The van der Waals surface area contributed by atoms with Gasteiger partial charge < -0.3 is 39.8 Å². The molecule has 4 rings (SSSR count). The SMILES string of the molecule is COc1cc2c(c(OC)c1OC)-c1ccc(NC(C)C(=O)N3CCC(NC(=O)OC(C)(C)C)CC3)c(=O)cc1C(NC(C)=O)CC2. The summed E-state index contributed by atoms with van der Waals surface area (Å²) in [5.41, 5.74) is 2.35. The maximum absolute atomic E-state index is 13.7. The van der Waals surface area contributed by atoms with E-state index < -0.39 is 23.8 Å². The van der Waals surface area contributed by atoms with Crippen molar-refractivity contribution in [1.82, 2.24) is 15.5 Å². The van der Waals surface area contributed by atoms with Gasteiger partial charge >= 0.3 is 6.09 Å². The van der Waals surface area contributed by atoms with E-state index in [4.69, 9.17) is 18.9 Å². The van der Waals surface area contributed by atoms with Crippen molar-refractivity contribution in [3.8, 4) is 28.4 Å². The maximum Gasteiger partial charge on any atom is 0.407 e. The van der Waals surface area contributed by atoms with Crippen LogP contribution in [0.2, 0.25) is 0 Å². The van der Waals surface area contributed by atoms with Crippen molar-refractivity contribution in [2.45, 2.75) is 84.0 Å². The normalized spacial score (nSPS) is 17.0. The van der Waals surface area contributed by atoms with Crippen LogP contribution in [0.3, 0.4) is 0 Å². The lowest BCUT2D eigenvalue weighted by atomic mass is 9.95. The largest absolute Gasteiger partial charge is 0.493 e. The van der Waals surface area contributed by atoms with Crippen LogP contribution in [0.15, 0.2) is 29.1 Å². The van der Waals surface area contributed by atoms with E-state index in [-0.39, 0.29) is 29.0 Å². The van der Waals surface area contributed by atoms with Gasteiger partial charge in [-0.05, 0) is 88.3 Å². The van der Waals surface area contributed by atoms with E-state index in [9.17, 15) is 19.2 Å². The summed E-state index contributed by atoms with van der Waals surface area (Å²) < 4.78 is 22.4. The third-order valence-electron chi connectivity index (χ3n) is 8.19. The van der Waals surface area contributed by atoms with Crippen molar-refractivity contribution in [2.75, 3.05) is 39.7 Å². The number of nitrogens with zero attached hydrogens (tertiary/aromatic N) is 1. The molecule has 250 valence electrons. The third-order valence-corrected chi connectivity index (χ3v) is 8.19. The predicted molar refractivity (Wildman–Crippen MR) is 175 cm³/mol. The number of likely N-dealkylation sites (tertiary alicyclic amines) is 1. The quantitative estimate of drug-likeness (QED) is 0.388. The molecule has 0 radical (unpaired) electrons. The molecule has 1 aliphatic carbocycles. The molecule has 0 aromatic heterocycles. The lowest BCUT2D eigenvalue weighted by Crippen LogP contribution is -2.50. The molecule has 46 heavy (non-hydrogen) atoms. The molecule has 1 fully saturated rings. The fourth-order valence-corrected chi connectivity index (χ4v) is 6.11. The highest BCUT2D eigenvalue weighted by Crippen LogP contribution is 2.50. The highest BCUT2D eigenvalue weighted by atomic mass is 16.6. The summed E-state index contributed by atoms with van der Waals surface area (Å²) in [5.74, 6) is 1.03. The number of fused-ring (bicyclic) bond motifs is 3. The van der Waals surface area contributed by atoms with Gasteiger partial charge in [0.15, 0.2) is 11.5 Å². The molecule has 1 saturated heterocycles. The zero-order valence-corrected chi connectivity index (χ0v) is 28.0. The number of hydrogen-bond donors (Lipinski definition) is 3. The van der Waals surface area contributed by atoms with Crippen LogP contribution in [0.4, 0.5) is 10.5 Å². The minimum Gasteiger partial charge on any atom is -0.493 e. The minimum atomic E-state index is -0.692. The third kappa shape index (κ3) is 7.83. The molecule has 2 unspecified atom stereocenters. The van der Waals surface area contributed by atoms with Crippen LogP contribution in [-0.2, 0) is 20.7 Å². The number of carbonyl (C=O) groups excluding carboxylic acids is 3. The Morgan fingerprint density at radius 1 is 0.935 bits per heavy atom. The number of benzene rings is 1. The predicted octanol–water partition coefficient (Wildman–Crippen LogP) is 4.18. The van der Waals surface area contributed by atoms with Crippen LogP contribution in [0.5, 0.6) is 17.2 Å². The smallest absolute Gasteiger partial charge is 0.407 e. The van der Waals surface area contributed by atoms with Crippen LogP contribution >= 0.6 is 0 Å². The van der Waals surface area contributed by atoms with Gasteiger partial charge in [0.1, 0.15) is 11.6 Å². The van der Waals surface area contributed by atoms with Gasteiger partial charge in [-0.25, -0.2) is 4.79 Å². The summed E-state index contributed by atoms with van der Waals surface area (Å²) in [7, 11) is 4.64. The second kappa shape index (κ2) is 14.3. The number of amides is 3. The Labute approximate surface area is 270 Å². The minimum absolute atomic E-state index is 0.0889. The summed E-state index contributed by atoms with van der Waals surface area (Å²) >= 11 is 0. The topological polar surface area (TPSA) is 145 Å².